The monoisotopic (exact) mass is 404 g/mol. The SMILES string of the molecule is Cl.NCCNS(=O)(=O)c1cccc(NC(=O)CCCNC(=O)C2CC2)c1. The number of sulfonamides is 1. The maximum Gasteiger partial charge on any atom is 0.240 e. The largest absolute Gasteiger partial charge is 0.356 e. The van der Waals surface area contributed by atoms with Crippen molar-refractivity contribution in [1.82, 2.24) is 10.0 Å². The lowest BCUT2D eigenvalue weighted by atomic mass is 10.2. The molecule has 1 aromatic carbocycles. The maximum absolute atomic E-state index is 12.0. The minimum atomic E-state index is -3.64. The predicted molar refractivity (Wildman–Crippen MR) is 102 cm³/mol. The lowest BCUT2D eigenvalue weighted by Crippen LogP contribution is -2.29. The molecule has 1 saturated carbocycles. The van der Waals surface area contributed by atoms with Gasteiger partial charge in [-0.05, 0) is 37.5 Å². The standard InChI is InChI=1S/C16H24N4O4S.ClH/c17-8-10-19-25(23,24)14-4-1-3-13(11-14)20-15(21)5-2-9-18-16(22)12-6-7-12;/h1,3-4,11-12,19H,2,5-10,17H2,(H,18,22)(H,20,21);1H. The second-order valence-electron chi connectivity index (χ2n) is 5.93. The average Bonchev–Trinajstić information content (AvgIpc) is 3.42. The fourth-order valence-electron chi connectivity index (χ4n) is 2.19. The molecule has 0 heterocycles. The first kappa shape index (κ1) is 22.4. The van der Waals surface area contributed by atoms with Gasteiger partial charge in [-0.3, -0.25) is 9.59 Å². The lowest BCUT2D eigenvalue weighted by molar-refractivity contribution is -0.122. The van der Waals surface area contributed by atoms with Crippen LogP contribution in [0.1, 0.15) is 25.7 Å². The molecule has 0 aliphatic heterocycles. The first-order chi connectivity index (χ1) is 11.9. The van der Waals surface area contributed by atoms with Gasteiger partial charge in [-0.2, -0.15) is 0 Å². The molecule has 0 bridgehead atoms. The Hall–Kier alpha value is -1.68. The first-order valence-corrected chi connectivity index (χ1v) is 9.78. The van der Waals surface area contributed by atoms with Crippen LogP contribution >= 0.6 is 12.4 Å². The molecule has 0 unspecified atom stereocenters. The number of hydrogen-bond acceptors (Lipinski definition) is 5. The fraction of sp³-hybridized carbons (Fsp3) is 0.500. The van der Waals surface area contributed by atoms with Crippen molar-refractivity contribution in [3.8, 4) is 0 Å². The highest BCUT2D eigenvalue weighted by Crippen LogP contribution is 2.28. The van der Waals surface area contributed by atoms with Gasteiger partial charge in [0.05, 0.1) is 4.90 Å². The second kappa shape index (κ2) is 10.5. The zero-order chi connectivity index (χ0) is 18.3. The third kappa shape index (κ3) is 7.28. The van der Waals surface area contributed by atoms with Crippen molar-refractivity contribution in [1.29, 1.82) is 0 Å². The number of nitrogens with one attached hydrogen (secondary N) is 3. The molecular formula is C16H25ClN4O4S. The number of rotatable bonds is 10. The molecule has 1 aliphatic rings. The predicted octanol–water partition coefficient (Wildman–Crippen LogP) is 0.590. The Morgan fingerprint density at radius 3 is 2.58 bits per heavy atom. The zero-order valence-electron chi connectivity index (χ0n) is 14.4. The number of anilines is 1. The van der Waals surface area contributed by atoms with Crippen molar-refractivity contribution in [2.45, 2.75) is 30.6 Å². The number of amides is 2. The van der Waals surface area contributed by atoms with Crippen LogP contribution in [-0.4, -0.2) is 39.9 Å². The van der Waals surface area contributed by atoms with Crippen LogP contribution < -0.4 is 21.1 Å². The van der Waals surface area contributed by atoms with Crippen LogP contribution in [-0.2, 0) is 19.6 Å². The van der Waals surface area contributed by atoms with Crippen molar-refractivity contribution < 1.29 is 18.0 Å². The van der Waals surface area contributed by atoms with E-state index in [1.165, 1.54) is 12.1 Å². The Bertz CT molecular complexity index is 723. The molecule has 5 N–H and O–H groups in total. The number of hydrogen-bond donors (Lipinski definition) is 4. The summed E-state index contributed by atoms with van der Waals surface area (Å²) in [4.78, 5) is 23.5. The van der Waals surface area contributed by atoms with Crippen molar-refractivity contribution in [2.24, 2.45) is 11.7 Å². The molecule has 2 amide bonds. The van der Waals surface area contributed by atoms with E-state index >= 15 is 0 Å². The summed E-state index contributed by atoms with van der Waals surface area (Å²) in [7, 11) is -3.64. The molecule has 146 valence electrons. The van der Waals surface area contributed by atoms with Crippen molar-refractivity contribution in [2.75, 3.05) is 25.0 Å². The van der Waals surface area contributed by atoms with Crippen molar-refractivity contribution in [3.63, 3.8) is 0 Å². The Labute approximate surface area is 159 Å². The molecule has 1 aliphatic carbocycles. The lowest BCUT2D eigenvalue weighted by Gasteiger charge is -2.09. The molecule has 2 rings (SSSR count). The molecule has 8 nitrogen and oxygen atoms in total. The minimum Gasteiger partial charge on any atom is -0.356 e. The Balaban J connectivity index is 0.00000338. The van der Waals surface area contributed by atoms with Crippen LogP contribution in [0.25, 0.3) is 0 Å². The molecule has 10 heteroatoms. The summed E-state index contributed by atoms with van der Waals surface area (Å²) in [5.74, 6) is -0.0140. The zero-order valence-corrected chi connectivity index (χ0v) is 16.0. The van der Waals surface area contributed by atoms with Crippen LogP contribution in [0.2, 0.25) is 0 Å². The maximum atomic E-state index is 12.0. The van der Waals surface area contributed by atoms with Gasteiger partial charge in [-0.25, -0.2) is 13.1 Å². The van der Waals surface area contributed by atoms with Crippen LogP contribution in [0, 0.1) is 5.92 Å². The van der Waals surface area contributed by atoms with Gasteiger partial charge in [0.1, 0.15) is 0 Å². The van der Waals surface area contributed by atoms with Gasteiger partial charge in [0.25, 0.3) is 0 Å². The summed E-state index contributed by atoms with van der Waals surface area (Å²) in [5.41, 5.74) is 5.70. The van der Waals surface area contributed by atoms with Crippen LogP contribution in [0.3, 0.4) is 0 Å². The van der Waals surface area contributed by atoms with E-state index in [0.717, 1.165) is 12.8 Å². The fourth-order valence-corrected chi connectivity index (χ4v) is 3.28. The van der Waals surface area contributed by atoms with E-state index in [9.17, 15) is 18.0 Å². The third-order valence-corrected chi connectivity index (χ3v) is 5.15. The summed E-state index contributed by atoms with van der Waals surface area (Å²) in [6.45, 7) is 0.804. The molecule has 1 aromatic rings. The molecule has 0 saturated heterocycles. The van der Waals surface area contributed by atoms with Crippen LogP contribution in [0.15, 0.2) is 29.2 Å². The summed E-state index contributed by atoms with van der Waals surface area (Å²) in [5, 5.41) is 5.46. The van der Waals surface area contributed by atoms with Gasteiger partial charge in [0.2, 0.25) is 21.8 Å². The van der Waals surface area contributed by atoms with Crippen molar-refractivity contribution in [3.05, 3.63) is 24.3 Å². The Morgan fingerprint density at radius 1 is 1.19 bits per heavy atom. The van der Waals surface area contributed by atoms with Crippen LogP contribution in [0.4, 0.5) is 5.69 Å². The number of nitrogens with two attached hydrogens (primary N) is 1. The number of benzene rings is 1. The van der Waals surface area contributed by atoms with Gasteiger partial charge in [0, 0.05) is 37.7 Å². The van der Waals surface area contributed by atoms with Gasteiger partial charge < -0.3 is 16.4 Å². The van der Waals surface area contributed by atoms with Gasteiger partial charge in [0.15, 0.2) is 0 Å². The number of carbonyl (C=O) groups is 2. The van der Waals surface area contributed by atoms with E-state index in [1.807, 2.05) is 0 Å². The molecule has 0 atom stereocenters. The molecule has 0 radical (unpaired) electrons. The van der Waals surface area contributed by atoms with E-state index in [2.05, 4.69) is 15.4 Å². The van der Waals surface area contributed by atoms with E-state index < -0.39 is 10.0 Å². The van der Waals surface area contributed by atoms with Gasteiger partial charge in [-0.1, -0.05) is 6.07 Å². The molecule has 0 aromatic heterocycles. The number of carbonyl (C=O) groups excluding carboxylic acids is 2. The summed E-state index contributed by atoms with van der Waals surface area (Å²) in [6.07, 6.45) is 2.67. The van der Waals surface area contributed by atoms with Crippen molar-refractivity contribution >= 4 is 39.9 Å². The summed E-state index contributed by atoms with van der Waals surface area (Å²) in [6, 6.07) is 6.02. The van der Waals surface area contributed by atoms with Crippen LogP contribution in [0.5, 0.6) is 0 Å². The second-order valence-corrected chi connectivity index (χ2v) is 7.70. The Morgan fingerprint density at radius 2 is 1.92 bits per heavy atom. The molecule has 26 heavy (non-hydrogen) atoms. The van der Waals surface area contributed by atoms with E-state index in [-0.39, 0.29) is 54.5 Å². The number of halogens is 1. The van der Waals surface area contributed by atoms with E-state index in [1.54, 1.807) is 12.1 Å². The summed E-state index contributed by atoms with van der Waals surface area (Å²) < 4.78 is 26.5. The minimum absolute atomic E-state index is 0. The Kier molecular flexibility index (Phi) is 9.00. The topological polar surface area (TPSA) is 130 Å². The third-order valence-electron chi connectivity index (χ3n) is 3.69. The van der Waals surface area contributed by atoms with Gasteiger partial charge in [-0.15, -0.1) is 12.4 Å². The quantitative estimate of drug-likeness (QED) is 0.424. The van der Waals surface area contributed by atoms with E-state index in [4.69, 9.17) is 5.73 Å². The van der Waals surface area contributed by atoms with E-state index in [0.29, 0.717) is 18.7 Å². The average molecular weight is 405 g/mol. The highest BCUT2D eigenvalue weighted by Gasteiger charge is 2.28. The highest BCUT2D eigenvalue weighted by atomic mass is 35.5. The summed E-state index contributed by atoms with van der Waals surface area (Å²) >= 11 is 0. The molecule has 1 fully saturated rings. The highest BCUT2D eigenvalue weighted by molar-refractivity contribution is 7.89. The molecule has 0 spiro atoms. The first-order valence-electron chi connectivity index (χ1n) is 8.30. The smallest absolute Gasteiger partial charge is 0.240 e. The van der Waals surface area contributed by atoms with Gasteiger partial charge >= 0.3 is 0 Å². The normalized spacial score (nSPS) is 13.6. The molecular weight excluding hydrogens is 380 g/mol.